The van der Waals surface area contributed by atoms with Gasteiger partial charge >= 0.3 is 12.1 Å². The zero-order valence-electron chi connectivity index (χ0n) is 16.1. The Morgan fingerprint density at radius 1 is 1.00 bits per heavy atom. The van der Waals surface area contributed by atoms with E-state index in [1.165, 1.54) is 9.80 Å². The van der Waals surface area contributed by atoms with E-state index in [4.69, 9.17) is 4.74 Å². The van der Waals surface area contributed by atoms with Crippen LogP contribution in [0.1, 0.15) is 24.0 Å². The molecule has 1 fully saturated rings. The maximum Gasteiger partial charge on any atom is 0.410 e. The van der Waals surface area contributed by atoms with Gasteiger partial charge in [-0.25, -0.2) is 9.59 Å². The molecule has 7 nitrogen and oxygen atoms in total. The van der Waals surface area contributed by atoms with Gasteiger partial charge in [-0.2, -0.15) is 0 Å². The highest BCUT2D eigenvalue weighted by Gasteiger charge is 2.35. The molecular weight excluding hydrogens is 372 g/mol. The van der Waals surface area contributed by atoms with Gasteiger partial charge in [-0.15, -0.1) is 0 Å². The van der Waals surface area contributed by atoms with Gasteiger partial charge in [0.2, 0.25) is 5.91 Å². The number of amides is 2. The summed E-state index contributed by atoms with van der Waals surface area (Å²) >= 11 is 0. The Balaban J connectivity index is 1.69. The van der Waals surface area contributed by atoms with Gasteiger partial charge < -0.3 is 14.7 Å². The number of ether oxygens (including phenoxy) is 1. The van der Waals surface area contributed by atoms with Crippen LogP contribution >= 0.6 is 0 Å². The molecule has 3 rings (SSSR count). The molecule has 1 saturated heterocycles. The second kappa shape index (κ2) is 9.73. The van der Waals surface area contributed by atoms with Crippen LogP contribution in [0, 0.1) is 0 Å². The Labute approximate surface area is 169 Å². The van der Waals surface area contributed by atoms with Crippen molar-refractivity contribution in [1.82, 2.24) is 9.80 Å². The van der Waals surface area contributed by atoms with E-state index in [2.05, 4.69) is 0 Å². The highest BCUT2D eigenvalue weighted by molar-refractivity contribution is 5.87. The van der Waals surface area contributed by atoms with Crippen LogP contribution in [-0.2, 0) is 27.5 Å². The first-order valence-corrected chi connectivity index (χ1v) is 9.56. The molecule has 1 heterocycles. The largest absolute Gasteiger partial charge is 0.480 e. The summed E-state index contributed by atoms with van der Waals surface area (Å²) in [5, 5.41) is 9.32. The van der Waals surface area contributed by atoms with Crippen molar-refractivity contribution in [2.75, 3.05) is 13.1 Å². The molecule has 1 aliphatic rings. The van der Waals surface area contributed by atoms with Crippen LogP contribution < -0.4 is 0 Å². The molecular formula is C22H24N2O5. The van der Waals surface area contributed by atoms with Crippen molar-refractivity contribution in [1.29, 1.82) is 0 Å². The summed E-state index contributed by atoms with van der Waals surface area (Å²) in [6.07, 6.45) is 0.454. The van der Waals surface area contributed by atoms with E-state index in [0.29, 0.717) is 19.4 Å². The Kier molecular flexibility index (Phi) is 6.84. The van der Waals surface area contributed by atoms with E-state index in [1.807, 2.05) is 60.7 Å². The third-order valence-electron chi connectivity index (χ3n) is 4.86. The minimum atomic E-state index is -1.02. The standard InChI is InChI=1S/C22H24N2O5/c25-20(24-13-7-12-19(24)21(26)27)15-23(14-17-8-3-1-4-9-17)22(28)29-16-18-10-5-2-6-11-18/h1-6,8-11,19H,7,12-16H2,(H,26,27)/t19-/m0/s1. The van der Waals surface area contributed by atoms with Crippen LogP contribution in [0.25, 0.3) is 0 Å². The van der Waals surface area contributed by atoms with Crippen molar-refractivity contribution >= 4 is 18.0 Å². The number of hydrogen-bond acceptors (Lipinski definition) is 4. The summed E-state index contributed by atoms with van der Waals surface area (Å²) in [5.74, 6) is -1.40. The molecule has 0 unspecified atom stereocenters. The number of carboxylic acid groups (broad SMARTS) is 1. The van der Waals surface area contributed by atoms with E-state index < -0.39 is 18.1 Å². The van der Waals surface area contributed by atoms with Crippen molar-refractivity contribution in [3.8, 4) is 0 Å². The molecule has 0 aliphatic carbocycles. The zero-order valence-corrected chi connectivity index (χ0v) is 16.1. The lowest BCUT2D eigenvalue weighted by Gasteiger charge is -2.27. The second-order valence-corrected chi connectivity index (χ2v) is 6.97. The lowest BCUT2D eigenvalue weighted by Crippen LogP contribution is -2.46. The molecule has 1 N–H and O–H groups in total. The third kappa shape index (κ3) is 5.57. The molecule has 29 heavy (non-hydrogen) atoms. The Bertz CT molecular complexity index is 841. The van der Waals surface area contributed by atoms with Crippen LogP contribution in [0.4, 0.5) is 4.79 Å². The van der Waals surface area contributed by atoms with Crippen LogP contribution in [0.2, 0.25) is 0 Å². The van der Waals surface area contributed by atoms with Gasteiger partial charge in [0.1, 0.15) is 19.2 Å². The molecule has 2 amide bonds. The fourth-order valence-electron chi connectivity index (χ4n) is 3.38. The maximum absolute atomic E-state index is 12.8. The topological polar surface area (TPSA) is 87.2 Å². The van der Waals surface area contributed by atoms with Crippen molar-refractivity contribution in [2.45, 2.75) is 32.0 Å². The normalized spacial score (nSPS) is 15.7. The van der Waals surface area contributed by atoms with Crippen molar-refractivity contribution in [2.24, 2.45) is 0 Å². The first-order chi connectivity index (χ1) is 14.0. The van der Waals surface area contributed by atoms with E-state index in [9.17, 15) is 19.5 Å². The van der Waals surface area contributed by atoms with E-state index >= 15 is 0 Å². The van der Waals surface area contributed by atoms with Crippen molar-refractivity contribution in [3.05, 3.63) is 71.8 Å². The van der Waals surface area contributed by atoms with Crippen LogP contribution in [-0.4, -0.2) is 52.0 Å². The predicted molar refractivity (Wildman–Crippen MR) is 106 cm³/mol. The van der Waals surface area contributed by atoms with Gasteiger partial charge in [-0.1, -0.05) is 60.7 Å². The van der Waals surface area contributed by atoms with Crippen LogP contribution in [0.3, 0.4) is 0 Å². The number of carbonyl (C=O) groups is 3. The van der Waals surface area contributed by atoms with E-state index in [1.54, 1.807) is 0 Å². The summed E-state index contributed by atoms with van der Waals surface area (Å²) in [4.78, 5) is 39.5. The minimum Gasteiger partial charge on any atom is -0.480 e. The lowest BCUT2D eigenvalue weighted by molar-refractivity contribution is -0.148. The monoisotopic (exact) mass is 396 g/mol. The van der Waals surface area contributed by atoms with Gasteiger partial charge in [0.15, 0.2) is 0 Å². The zero-order chi connectivity index (χ0) is 20.6. The van der Waals surface area contributed by atoms with E-state index in [0.717, 1.165) is 11.1 Å². The average molecular weight is 396 g/mol. The second-order valence-electron chi connectivity index (χ2n) is 6.97. The van der Waals surface area contributed by atoms with Crippen molar-refractivity contribution < 1.29 is 24.2 Å². The average Bonchev–Trinajstić information content (AvgIpc) is 3.23. The fraction of sp³-hybridized carbons (Fsp3) is 0.318. The molecule has 0 spiro atoms. The fourth-order valence-corrected chi connectivity index (χ4v) is 3.38. The molecule has 7 heteroatoms. The van der Waals surface area contributed by atoms with Crippen molar-refractivity contribution in [3.63, 3.8) is 0 Å². The number of hydrogen-bond donors (Lipinski definition) is 1. The number of likely N-dealkylation sites (tertiary alicyclic amines) is 1. The summed E-state index contributed by atoms with van der Waals surface area (Å²) in [6, 6.07) is 17.7. The molecule has 1 atom stereocenters. The lowest BCUT2D eigenvalue weighted by atomic mass is 10.2. The van der Waals surface area contributed by atoms with Crippen LogP contribution in [0.5, 0.6) is 0 Å². The SMILES string of the molecule is O=C(O)[C@@H]1CCCN1C(=O)CN(Cc1ccccc1)C(=O)OCc1ccccc1. The molecule has 152 valence electrons. The number of rotatable bonds is 7. The predicted octanol–water partition coefficient (Wildman–Crippen LogP) is 2.90. The molecule has 0 bridgehead atoms. The number of carboxylic acids is 1. The first-order valence-electron chi connectivity index (χ1n) is 9.56. The molecule has 1 aliphatic heterocycles. The quantitative estimate of drug-likeness (QED) is 0.778. The highest BCUT2D eigenvalue weighted by Crippen LogP contribution is 2.18. The van der Waals surface area contributed by atoms with Gasteiger partial charge in [-0.3, -0.25) is 9.69 Å². The number of carbonyl (C=O) groups excluding carboxylic acids is 2. The first kappa shape index (κ1) is 20.4. The maximum atomic E-state index is 12.8. The van der Waals surface area contributed by atoms with Crippen LogP contribution in [0.15, 0.2) is 60.7 Å². The molecule has 0 aromatic heterocycles. The smallest absolute Gasteiger partial charge is 0.410 e. The van der Waals surface area contributed by atoms with E-state index in [-0.39, 0.29) is 25.6 Å². The Morgan fingerprint density at radius 3 is 2.24 bits per heavy atom. The van der Waals surface area contributed by atoms with Gasteiger partial charge in [0.25, 0.3) is 0 Å². The summed E-state index contributed by atoms with van der Waals surface area (Å²) in [5.41, 5.74) is 1.70. The molecule has 2 aromatic carbocycles. The molecule has 2 aromatic rings. The molecule has 0 radical (unpaired) electrons. The minimum absolute atomic E-state index is 0.0978. The molecule has 0 saturated carbocycles. The van der Waals surface area contributed by atoms with Gasteiger partial charge in [0.05, 0.1) is 0 Å². The van der Waals surface area contributed by atoms with Gasteiger partial charge in [-0.05, 0) is 24.0 Å². The Morgan fingerprint density at radius 2 is 1.62 bits per heavy atom. The number of benzene rings is 2. The number of nitrogens with zero attached hydrogens (tertiary/aromatic N) is 2. The summed E-state index contributed by atoms with van der Waals surface area (Å²) in [6.45, 7) is 0.451. The Hall–Kier alpha value is -3.35. The summed E-state index contributed by atoms with van der Waals surface area (Å²) in [7, 11) is 0. The summed E-state index contributed by atoms with van der Waals surface area (Å²) < 4.78 is 5.40. The van der Waals surface area contributed by atoms with Gasteiger partial charge in [0, 0.05) is 13.1 Å². The number of aliphatic carboxylic acids is 1. The third-order valence-corrected chi connectivity index (χ3v) is 4.86. The highest BCUT2D eigenvalue weighted by atomic mass is 16.6.